The topological polar surface area (TPSA) is 0 Å². The van der Waals surface area contributed by atoms with E-state index >= 15 is 0 Å². The van der Waals surface area contributed by atoms with Crippen molar-refractivity contribution >= 4 is 46.3 Å². The molecule has 0 aliphatic carbocycles. The van der Waals surface area contributed by atoms with Gasteiger partial charge in [-0.15, -0.1) is 0 Å². The Balaban J connectivity index is 1.66. The van der Waals surface area contributed by atoms with Crippen LogP contribution in [0.15, 0.2) is 158 Å². The zero-order chi connectivity index (χ0) is 24.9. The summed E-state index contributed by atoms with van der Waals surface area (Å²) < 4.78 is 0. The van der Waals surface area contributed by atoms with Crippen LogP contribution in [0.1, 0.15) is 16.7 Å². The van der Waals surface area contributed by atoms with Crippen LogP contribution in [0, 0.1) is 0 Å². The summed E-state index contributed by atoms with van der Waals surface area (Å²) in [5.41, 5.74) is 4.92. The number of fused-ring (bicyclic) bond motifs is 1. The van der Waals surface area contributed by atoms with Crippen LogP contribution in [0.2, 0.25) is 0 Å². The first-order valence-electron chi connectivity index (χ1n) is 12.6. The maximum atomic E-state index is 2.34. The smallest absolute Gasteiger partial charge is 0.00215 e. The second-order valence-electron chi connectivity index (χ2n) is 9.02. The molecule has 0 nitrogen and oxygen atoms in total. The van der Waals surface area contributed by atoms with Crippen LogP contribution < -0.4 is 15.9 Å². The highest BCUT2D eigenvalue weighted by Gasteiger charge is 2.21. The maximum Gasteiger partial charge on any atom is -0.00215 e. The van der Waals surface area contributed by atoms with E-state index in [1.807, 2.05) is 0 Å². The zero-order valence-corrected chi connectivity index (χ0v) is 21.4. The minimum atomic E-state index is -0.742. The largest absolute Gasteiger partial charge is 0.0622 e. The van der Waals surface area contributed by atoms with Gasteiger partial charge in [0.15, 0.2) is 0 Å². The molecule has 0 N–H and O–H groups in total. The van der Waals surface area contributed by atoms with Crippen molar-refractivity contribution in [3.05, 3.63) is 174 Å². The molecule has 0 saturated carbocycles. The molecule has 0 fully saturated rings. The quantitative estimate of drug-likeness (QED) is 0.163. The molecule has 0 saturated heterocycles. The molecular formula is C36H27P. The van der Waals surface area contributed by atoms with E-state index in [1.165, 1.54) is 48.9 Å². The summed E-state index contributed by atoms with van der Waals surface area (Å²) in [6.07, 6.45) is 2.33. The Hall–Kier alpha value is -4.25. The summed E-state index contributed by atoms with van der Waals surface area (Å²) in [5.74, 6) is 0. The predicted octanol–water partition coefficient (Wildman–Crippen LogP) is 8.19. The van der Waals surface area contributed by atoms with Gasteiger partial charge in [0.1, 0.15) is 0 Å². The van der Waals surface area contributed by atoms with Crippen molar-refractivity contribution in [2.45, 2.75) is 0 Å². The molecule has 6 rings (SSSR count). The number of hydrogen-bond acceptors (Lipinski definition) is 0. The lowest BCUT2D eigenvalue weighted by Gasteiger charge is -2.23. The molecule has 37 heavy (non-hydrogen) atoms. The van der Waals surface area contributed by atoms with Crippen LogP contribution in [0.4, 0.5) is 0 Å². The molecule has 0 spiro atoms. The monoisotopic (exact) mass is 490 g/mol. The van der Waals surface area contributed by atoms with E-state index in [1.54, 1.807) is 0 Å². The third-order valence-electron chi connectivity index (χ3n) is 6.64. The Labute approximate surface area is 220 Å². The van der Waals surface area contributed by atoms with Gasteiger partial charge in [-0.05, 0) is 62.9 Å². The van der Waals surface area contributed by atoms with Crippen molar-refractivity contribution in [3.8, 4) is 0 Å². The van der Waals surface area contributed by atoms with E-state index in [4.69, 9.17) is 0 Å². The molecular weight excluding hydrogens is 463 g/mol. The van der Waals surface area contributed by atoms with E-state index in [0.717, 1.165) is 0 Å². The molecule has 176 valence electrons. The number of rotatable bonds is 6. The van der Waals surface area contributed by atoms with Crippen molar-refractivity contribution in [2.75, 3.05) is 0 Å². The molecule has 0 amide bonds. The molecule has 1 heteroatoms. The van der Waals surface area contributed by atoms with Crippen molar-refractivity contribution in [2.24, 2.45) is 0 Å². The fourth-order valence-corrected chi connectivity index (χ4v) is 7.47. The second kappa shape index (κ2) is 10.8. The normalized spacial score (nSPS) is 11.6. The molecule has 0 aliphatic heterocycles. The SMILES string of the molecule is C(=C(\c1ccccc1)c1cccc2cccc(P(c3ccccc3)c3ccccc3)c12)/c1ccccc1. The lowest BCUT2D eigenvalue weighted by molar-refractivity contribution is 1.58. The summed E-state index contributed by atoms with van der Waals surface area (Å²) in [5, 5.41) is 6.70. The lowest BCUT2D eigenvalue weighted by atomic mass is 9.91. The summed E-state index contributed by atoms with van der Waals surface area (Å²) in [6.45, 7) is 0. The molecule has 0 aliphatic rings. The predicted molar refractivity (Wildman–Crippen MR) is 163 cm³/mol. The van der Waals surface area contributed by atoms with Crippen LogP contribution in [0.25, 0.3) is 22.4 Å². The molecule has 6 aromatic carbocycles. The van der Waals surface area contributed by atoms with Gasteiger partial charge in [-0.2, -0.15) is 0 Å². The molecule has 0 heterocycles. The van der Waals surface area contributed by atoms with Gasteiger partial charge in [0.05, 0.1) is 0 Å². The third-order valence-corrected chi connectivity index (χ3v) is 9.12. The second-order valence-corrected chi connectivity index (χ2v) is 11.2. The van der Waals surface area contributed by atoms with Gasteiger partial charge >= 0.3 is 0 Å². The van der Waals surface area contributed by atoms with Gasteiger partial charge in [0.2, 0.25) is 0 Å². The summed E-state index contributed by atoms with van der Waals surface area (Å²) >= 11 is 0. The Morgan fingerprint density at radius 3 is 1.57 bits per heavy atom. The average Bonchev–Trinajstić information content (AvgIpc) is 2.98. The van der Waals surface area contributed by atoms with Crippen LogP contribution in [0.3, 0.4) is 0 Å². The van der Waals surface area contributed by atoms with Crippen molar-refractivity contribution < 1.29 is 0 Å². The first-order chi connectivity index (χ1) is 18.4. The Kier molecular flexibility index (Phi) is 6.76. The minimum Gasteiger partial charge on any atom is -0.0622 e. The highest BCUT2D eigenvalue weighted by molar-refractivity contribution is 7.80. The molecule has 0 radical (unpaired) electrons. The Bertz CT molecular complexity index is 1590. The molecule has 0 bridgehead atoms. The highest BCUT2D eigenvalue weighted by atomic mass is 31.1. The van der Waals surface area contributed by atoms with E-state index in [9.17, 15) is 0 Å². The average molecular weight is 491 g/mol. The number of benzene rings is 6. The molecule has 0 atom stereocenters. The van der Waals surface area contributed by atoms with Crippen molar-refractivity contribution in [3.63, 3.8) is 0 Å². The van der Waals surface area contributed by atoms with E-state index in [0.29, 0.717) is 0 Å². The van der Waals surface area contributed by atoms with Gasteiger partial charge in [-0.3, -0.25) is 0 Å². The summed E-state index contributed by atoms with van der Waals surface area (Å²) in [4.78, 5) is 0. The first-order valence-corrected chi connectivity index (χ1v) is 14.0. The maximum absolute atomic E-state index is 2.34. The van der Waals surface area contributed by atoms with Crippen LogP contribution >= 0.6 is 7.92 Å². The summed E-state index contributed by atoms with van der Waals surface area (Å²) in [6, 6.07) is 56.9. The Morgan fingerprint density at radius 1 is 0.459 bits per heavy atom. The van der Waals surface area contributed by atoms with Gasteiger partial charge in [0.25, 0.3) is 0 Å². The van der Waals surface area contributed by atoms with E-state index in [-0.39, 0.29) is 0 Å². The summed E-state index contributed by atoms with van der Waals surface area (Å²) in [7, 11) is -0.742. The zero-order valence-electron chi connectivity index (χ0n) is 20.5. The minimum absolute atomic E-state index is 0.742. The fraction of sp³-hybridized carbons (Fsp3) is 0. The van der Waals surface area contributed by atoms with Crippen molar-refractivity contribution in [1.29, 1.82) is 0 Å². The standard InChI is InChI=1S/C36H27P/c1-5-15-28(16-6-1)27-34(29-17-7-2-8-18-29)33-25-13-19-30-20-14-26-35(36(30)33)37(31-21-9-3-10-22-31)32-23-11-4-12-24-32/h1-27H/b34-27-. The fourth-order valence-electron chi connectivity index (χ4n) is 4.96. The Morgan fingerprint density at radius 2 is 0.973 bits per heavy atom. The van der Waals surface area contributed by atoms with Crippen molar-refractivity contribution in [1.82, 2.24) is 0 Å². The molecule has 0 aromatic heterocycles. The third kappa shape index (κ3) is 4.90. The van der Waals surface area contributed by atoms with Crippen LogP contribution in [-0.2, 0) is 0 Å². The molecule has 0 unspecified atom stereocenters. The molecule has 6 aromatic rings. The van der Waals surface area contributed by atoms with Crippen LogP contribution in [0.5, 0.6) is 0 Å². The van der Waals surface area contributed by atoms with E-state index < -0.39 is 7.92 Å². The lowest BCUT2D eigenvalue weighted by Crippen LogP contribution is -2.21. The van der Waals surface area contributed by atoms with Crippen LogP contribution in [-0.4, -0.2) is 0 Å². The van der Waals surface area contributed by atoms with E-state index in [2.05, 4.69) is 164 Å². The highest BCUT2D eigenvalue weighted by Crippen LogP contribution is 2.39. The number of hydrogen-bond donors (Lipinski definition) is 0. The van der Waals surface area contributed by atoms with Gasteiger partial charge < -0.3 is 0 Å². The van der Waals surface area contributed by atoms with Gasteiger partial charge in [-0.1, -0.05) is 158 Å². The first kappa shape index (κ1) is 23.2. The van der Waals surface area contributed by atoms with Gasteiger partial charge in [-0.25, -0.2) is 0 Å². The van der Waals surface area contributed by atoms with Gasteiger partial charge in [0, 0.05) is 0 Å².